The fraction of sp³-hybridized carbons (Fsp3) is 0.286. The highest BCUT2D eigenvalue weighted by atomic mass is 15.4. The molecule has 0 spiro atoms. The van der Waals surface area contributed by atoms with Gasteiger partial charge < -0.3 is 4.57 Å². The van der Waals surface area contributed by atoms with Gasteiger partial charge in [-0.15, -0.1) is 0 Å². The minimum atomic E-state index is 1.07. The summed E-state index contributed by atoms with van der Waals surface area (Å²) >= 11 is 0. The Labute approximate surface area is 143 Å². The highest BCUT2D eigenvalue weighted by Gasteiger charge is 2.15. The zero-order chi connectivity index (χ0) is 16.4. The van der Waals surface area contributed by atoms with E-state index in [0.29, 0.717) is 0 Å². The number of aromatic nitrogens is 1. The van der Waals surface area contributed by atoms with Crippen LogP contribution in [-0.2, 0) is 7.05 Å². The van der Waals surface area contributed by atoms with Crippen LogP contribution in [0.3, 0.4) is 0 Å². The van der Waals surface area contributed by atoms with Crippen molar-refractivity contribution in [2.45, 2.75) is 19.3 Å². The standard InChI is InChI=1S/C21H23N3/c1-23-20-13-7-6-12-18(20)19(16-22-24-14-8-3-9-15-24)21(23)17-10-4-2-5-11-17/h2,4-7,10-13,16H,3,8-9,14-15H2,1H3/b22-16+. The Morgan fingerprint density at radius 2 is 1.58 bits per heavy atom. The Bertz CT molecular complexity index is 855. The first kappa shape index (κ1) is 15.0. The lowest BCUT2D eigenvalue weighted by Gasteiger charge is -2.23. The van der Waals surface area contributed by atoms with Gasteiger partial charge in [0.15, 0.2) is 0 Å². The minimum absolute atomic E-state index is 1.07. The molecule has 0 atom stereocenters. The maximum atomic E-state index is 4.80. The molecule has 0 unspecified atom stereocenters. The molecule has 122 valence electrons. The van der Waals surface area contributed by atoms with Gasteiger partial charge in [0.05, 0.1) is 11.9 Å². The van der Waals surface area contributed by atoms with Crippen molar-refractivity contribution in [3.05, 3.63) is 60.2 Å². The molecule has 1 fully saturated rings. The zero-order valence-electron chi connectivity index (χ0n) is 14.2. The number of hydrazone groups is 1. The number of hydrogen-bond acceptors (Lipinski definition) is 2. The molecular formula is C21H23N3. The topological polar surface area (TPSA) is 20.5 Å². The summed E-state index contributed by atoms with van der Waals surface area (Å²) in [6, 6.07) is 19.2. The van der Waals surface area contributed by atoms with Crippen LogP contribution < -0.4 is 0 Å². The fourth-order valence-electron chi connectivity index (χ4n) is 3.63. The summed E-state index contributed by atoms with van der Waals surface area (Å²) in [7, 11) is 2.14. The van der Waals surface area contributed by atoms with Gasteiger partial charge in [-0.1, -0.05) is 48.5 Å². The number of nitrogens with zero attached hydrogens (tertiary/aromatic N) is 3. The van der Waals surface area contributed by atoms with Crippen molar-refractivity contribution in [3.63, 3.8) is 0 Å². The average molecular weight is 317 g/mol. The molecule has 2 heterocycles. The summed E-state index contributed by atoms with van der Waals surface area (Å²) in [5.74, 6) is 0. The van der Waals surface area contributed by atoms with Gasteiger partial charge in [0.2, 0.25) is 0 Å². The molecule has 3 heteroatoms. The number of piperidine rings is 1. The van der Waals surface area contributed by atoms with E-state index in [1.165, 1.54) is 47.0 Å². The van der Waals surface area contributed by atoms with E-state index in [1.807, 2.05) is 0 Å². The molecule has 3 aromatic rings. The van der Waals surface area contributed by atoms with Crippen LogP contribution in [0.4, 0.5) is 0 Å². The second kappa shape index (κ2) is 6.52. The maximum Gasteiger partial charge on any atom is 0.0578 e. The average Bonchev–Trinajstić information content (AvgIpc) is 2.94. The third-order valence-corrected chi connectivity index (χ3v) is 4.88. The van der Waals surface area contributed by atoms with E-state index in [-0.39, 0.29) is 0 Å². The van der Waals surface area contributed by atoms with Crippen LogP contribution in [0.5, 0.6) is 0 Å². The molecule has 0 N–H and O–H groups in total. The number of hydrogen-bond donors (Lipinski definition) is 0. The van der Waals surface area contributed by atoms with E-state index in [2.05, 4.69) is 77.4 Å². The van der Waals surface area contributed by atoms with E-state index in [4.69, 9.17) is 5.10 Å². The molecule has 1 aliphatic rings. The molecular weight excluding hydrogens is 294 g/mol. The number of rotatable bonds is 3. The van der Waals surface area contributed by atoms with Gasteiger partial charge in [-0.2, -0.15) is 5.10 Å². The monoisotopic (exact) mass is 317 g/mol. The summed E-state index contributed by atoms with van der Waals surface area (Å²) in [4.78, 5) is 0. The lowest BCUT2D eigenvalue weighted by molar-refractivity contribution is 0.240. The van der Waals surface area contributed by atoms with Crippen molar-refractivity contribution in [2.24, 2.45) is 12.1 Å². The molecule has 0 saturated carbocycles. The van der Waals surface area contributed by atoms with Gasteiger partial charge in [0, 0.05) is 36.6 Å². The van der Waals surface area contributed by atoms with Gasteiger partial charge in [-0.3, -0.25) is 5.01 Å². The van der Waals surface area contributed by atoms with Gasteiger partial charge >= 0.3 is 0 Å². The molecule has 0 radical (unpaired) electrons. The van der Waals surface area contributed by atoms with Crippen molar-refractivity contribution >= 4 is 17.1 Å². The van der Waals surface area contributed by atoms with Gasteiger partial charge in [0.1, 0.15) is 0 Å². The number of fused-ring (bicyclic) bond motifs is 1. The highest BCUT2D eigenvalue weighted by molar-refractivity contribution is 6.06. The van der Waals surface area contributed by atoms with Crippen molar-refractivity contribution in [2.75, 3.05) is 13.1 Å². The third-order valence-electron chi connectivity index (χ3n) is 4.88. The largest absolute Gasteiger partial charge is 0.343 e. The first-order valence-electron chi connectivity index (χ1n) is 8.76. The number of benzene rings is 2. The molecule has 1 aromatic heterocycles. The van der Waals surface area contributed by atoms with Crippen LogP contribution in [0.25, 0.3) is 22.2 Å². The second-order valence-corrected chi connectivity index (χ2v) is 6.46. The van der Waals surface area contributed by atoms with Crippen molar-refractivity contribution in [1.82, 2.24) is 9.58 Å². The fourth-order valence-corrected chi connectivity index (χ4v) is 3.63. The Hall–Kier alpha value is -2.55. The van der Waals surface area contributed by atoms with Gasteiger partial charge in [-0.05, 0) is 30.9 Å². The molecule has 2 aromatic carbocycles. The lowest BCUT2D eigenvalue weighted by atomic mass is 10.1. The van der Waals surface area contributed by atoms with Crippen molar-refractivity contribution in [3.8, 4) is 11.3 Å². The summed E-state index contributed by atoms with van der Waals surface area (Å²) in [6.07, 6.45) is 5.89. The molecule has 0 amide bonds. The molecule has 1 saturated heterocycles. The summed E-state index contributed by atoms with van der Waals surface area (Å²) in [5.41, 5.74) is 4.93. The number of para-hydroxylation sites is 1. The zero-order valence-corrected chi connectivity index (χ0v) is 14.2. The Morgan fingerprint density at radius 3 is 2.38 bits per heavy atom. The van der Waals surface area contributed by atoms with E-state index < -0.39 is 0 Å². The maximum absolute atomic E-state index is 4.80. The predicted octanol–water partition coefficient (Wildman–Crippen LogP) is 4.67. The smallest absolute Gasteiger partial charge is 0.0578 e. The van der Waals surface area contributed by atoms with Crippen molar-refractivity contribution in [1.29, 1.82) is 0 Å². The predicted molar refractivity (Wildman–Crippen MR) is 101 cm³/mol. The quantitative estimate of drug-likeness (QED) is 0.643. The summed E-state index contributed by atoms with van der Waals surface area (Å²) in [5, 5.41) is 8.27. The van der Waals surface area contributed by atoms with Gasteiger partial charge in [0.25, 0.3) is 0 Å². The molecule has 3 nitrogen and oxygen atoms in total. The molecule has 4 rings (SSSR count). The van der Waals surface area contributed by atoms with Crippen LogP contribution in [0.2, 0.25) is 0 Å². The lowest BCUT2D eigenvalue weighted by Crippen LogP contribution is -2.24. The first-order chi connectivity index (χ1) is 11.8. The van der Waals surface area contributed by atoms with E-state index in [9.17, 15) is 0 Å². The second-order valence-electron chi connectivity index (χ2n) is 6.46. The van der Waals surface area contributed by atoms with Crippen LogP contribution in [0, 0.1) is 0 Å². The Balaban J connectivity index is 1.84. The van der Waals surface area contributed by atoms with E-state index >= 15 is 0 Å². The molecule has 0 bridgehead atoms. The summed E-state index contributed by atoms with van der Waals surface area (Å²) in [6.45, 7) is 2.14. The third kappa shape index (κ3) is 2.71. The van der Waals surface area contributed by atoms with Crippen LogP contribution in [0.15, 0.2) is 59.7 Å². The molecule has 24 heavy (non-hydrogen) atoms. The van der Waals surface area contributed by atoms with Crippen LogP contribution >= 0.6 is 0 Å². The van der Waals surface area contributed by atoms with E-state index in [0.717, 1.165) is 13.1 Å². The van der Waals surface area contributed by atoms with Crippen LogP contribution in [-0.4, -0.2) is 28.9 Å². The molecule has 0 aliphatic carbocycles. The molecule has 1 aliphatic heterocycles. The Kier molecular flexibility index (Phi) is 4.08. The normalized spacial score (nSPS) is 15.5. The van der Waals surface area contributed by atoms with Crippen LogP contribution in [0.1, 0.15) is 24.8 Å². The minimum Gasteiger partial charge on any atom is -0.343 e. The first-order valence-corrected chi connectivity index (χ1v) is 8.76. The number of aryl methyl sites for hydroxylation is 1. The Morgan fingerprint density at radius 1 is 0.875 bits per heavy atom. The van der Waals surface area contributed by atoms with Crippen molar-refractivity contribution < 1.29 is 0 Å². The van der Waals surface area contributed by atoms with E-state index in [1.54, 1.807) is 0 Å². The SMILES string of the molecule is Cn1c(-c2ccccc2)c(/C=N/N2CCCCC2)c2ccccc21. The summed E-state index contributed by atoms with van der Waals surface area (Å²) < 4.78 is 2.28. The van der Waals surface area contributed by atoms with Gasteiger partial charge in [-0.25, -0.2) is 0 Å². The highest BCUT2D eigenvalue weighted by Crippen LogP contribution is 2.31.